The van der Waals surface area contributed by atoms with E-state index < -0.39 is 0 Å². The second-order valence-corrected chi connectivity index (χ2v) is 2.82. The number of allylic oxidation sites excluding steroid dienone is 1. The van der Waals surface area contributed by atoms with Gasteiger partial charge < -0.3 is 0 Å². The van der Waals surface area contributed by atoms with E-state index in [2.05, 4.69) is 0 Å². The second-order valence-electron chi connectivity index (χ2n) is 2.82. The number of nitriles is 3. The Bertz CT molecular complexity index is 498. The van der Waals surface area contributed by atoms with Crippen molar-refractivity contribution in [2.75, 3.05) is 0 Å². The molecule has 0 amide bonds. The summed E-state index contributed by atoms with van der Waals surface area (Å²) in [5, 5.41) is 26.5. The molecule has 15 heavy (non-hydrogen) atoms. The van der Waals surface area contributed by atoms with Crippen molar-refractivity contribution in [3.8, 4) is 18.2 Å². The zero-order chi connectivity index (χ0) is 11.3. The van der Waals surface area contributed by atoms with Crippen molar-refractivity contribution in [2.45, 2.75) is 6.92 Å². The number of benzene rings is 1. The SMILES string of the molecule is CC=Cc1c(C#N)cc(C#N)cc1C#N. The largest absolute Gasteiger partial charge is 0.192 e. The van der Waals surface area contributed by atoms with Crippen LogP contribution in [0.25, 0.3) is 6.08 Å². The fraction of sp³-hybridized carbons (Fsp3) is 0.0833. The van der Waals surface area contributed by atoms with Gasteiger partial charge in [0.05, 0.1) is 34.9 Å². The molecule has 0 unspecified atom stereocenters. The van der Waals surface area contributed by atoms with Crippen LogP contribution in [0.15, 0.2) is 18.2 Å². The van der Waals surface area contributed by atoms with Crippen molar-refractivity contribution in [2.24, 2.45) is 0 Å². The van der Waals surface area contributed by atoms with Crippen LogP contribution in [0.2, 0.25) is 0 Å². The molecule has 0 saturated carbocycles. The molecule has 0 aliphatic carbocycles. The number of rotatable bonds is 1. The molecule has 0 saturated heterocycles. The molecule has 0 radical (unpaired) electrons. The highest BCUT2D eigenvalue weighted by molar-refractivity contribution is 5.66. The average molecular weight is 193 g/mol. The summed E-state index contributed by atoms with van der Waals surface area (Å²) in [4.78, 5) is 0. The molecule has 1 rings (SSSR count). The number of nitrogens with zero attached hydrogens (tertiary/aromatic N) is 3. The molecule has 0 atom stereocenters. The lowest BCUT2D eigenvalue weighted by atomic mass is 9.99. The first-order chi connectivity index (χ1) is 7.26. The Labute approximate surface area is 88.1 Å². The van der Waals surface area contributed by atoms with E-state index in [0.717, 1.165) is 0 Å². The van der Waals surface area contributed by atoms with Gasteiger partial charge in [-0.3, -0.25) is 0 Å². The predicted octanol–water partition coefficient (Wildman–Crippen LogP) is 2.33. The molecule has 3 heteroatoms. The fourth-order valence-corrected chi connectivity index (χ4v) is 1.25. The first-order valence-corrected chi connectivity index (χ1v) is 4.27. The van der Waals surface area contributed by atoms with Crippen LogP contribution in [0.5, 0.6) is 0 Å². The van der Waals surface area contributed by atoms with Gasteiger partial charge >= 0.3 is 0 Å². The van der Waals surface area contributed by atoms with E-state index in [1.54, 1.807) is 19.1 Å². The fourth-order valence-electron chi connectivity index (χ4n) is 1.25. The third-order valence-corrected chi connectivity index (χ3v) is 1.88. The maximum atomic E-state index is 8.88. The van der Waals surface area contributed by atoms with Crippen molar-refractivity contribution in [1.29, 1.82) is 15.8 Å². The molecule has 0 bridgehead atoms. The molecule has 0 aliphatic rings. The Morgan fingerprint density at radius 2 is 1.53 bits per heavy atom. The van der Waals surface area contributed by atoms with Gasteiger partial charge in [0, 0.05) is 5.56 Å². The minimum Gasteiger partial charge on any atom is -0.192 e. The van der Waals surface area contributed by atoms with Crippen molar-refractivity contribution in [1.82, 2.24) is 0 Å². The van der Waals surface area contributed by atoms with Gasteiger partial charge in [0.2, 0.25) is 0 Å². The minimum absolute atomic E-state index is 0.330. The molecular formula is C12H7N3. The summed E-state index contributed by atoms with van der Waals surface area (Å²) in [5.41, 5.74) is 1.60. The van der Waals surface area contributed by atoms with Crippen LogP contribution in [0.1, 0.15) is 29.2 Å². The molecule has 3 nitrogen and oxygen atoms in total. The van der Waals surface area contributed by atoms with Crippen LogP contribution in [-0.4, -0.2) is 0 Å². The highest BCUT2D eigenvalue weighted by Crippen LogP contribution is 2.18. The zero-order valence-electron chi connectivity index (χ0n) is 8.15. The normalized spacial score (nSPS) is 9.20. The third-order valence-electron chi connectivity index (χ3n) is 1.88. The first-order valence-electron chi connectivity index (χ1n) is 4.27. The van der Waals surface area contributed by atoms with Crippen LogP contribution in [-0.2, 0) is 0 Å². The van der Waals surface area contributed by atoms with Crippen molar-refractivity contribution < 1.29 is 0 Å². The van der Waals surface area contributed by atoms with Crippen LogP contribution < -0.4 is 0 Å². The quantitative estimate of drug-likeness (QED) is 0.687. The van der Waals surface area contributed by atoms with E-state index >= 15 is 0 Å². The number of hydrogen-bond donors (Lipinski definition) is 0. The van der Waals surface area contributed by atoms with E-state index in [1.807, 2.05) is 18.2 Å². The van der Waals surface area contributed by atoms with Gasteiger partial charge in [-0.1, -0.05) is 12.2 Å². The summed E-state index contributed by atoms with van der Waals surface area (Å²) in [6, 6.07) is 8.84. The van der Waals surface area contributed by atoms with Crippen molar-refractivity contribution in [3.05, 3.63) is 40.5 Å². The summed E-state index contributed by atoms with van der Waals surface area (Å²) in [7, 11) is 0. The average Bonchev–Trinajstić information content (AvgIpc) is 2.29. The highest BCUT2D eigenvalue weighted by atomic mass is 14.3. The smallest absolute Gasteiger partial charge is 0.0998 e. The Hall–Kier alpha value is -2.57. The molecule has 0 heterocycles. The summed E-state index contributed by atoms with van der Waals surface area (Å²) < 4.78 is 0. The number of hydrogen-bond acceptors (Lipinski definition) is 3. The highest BCUT2D eigenvalue weighted by Gasteiger charge is 2.07. The second kappa shape index (κ2) is 4.61. The van der Waals surface area contributed by atoms with E-state index in [1.165, 1.54) is 12.1 Å². The molecule has 0 fully saturated rings. The van der Waals surface area contributed by atoms with Gasteiger partial charge in [-0.25, -0.2) is 0 Å². The minimum atomic E-state index is 0.330. The monoisotopic (exact) mass is 193 g/mol. The molecule has 1 aromatic carbocycles. The lowest BCUT2D eigenvalue weighted by molar-refractivity contribution is 1.40. The van der Waals surface area contributed by atoms with Gasteiger partial charge in [0.15, 0.2) is 0 Å². The maximum absolute atomic E-state index is 8.88. The maximum Gasteiger partial charge on any atom is 0.0998 e. The Morgan fingerprint density at radius 1 is 1.00 bits per heavy atom. The van der Waals surface area contributed by atoms with Gasteiger partial charge in [0.1, 0.15) is 0 Å². The predicted molar refractivity (Wildman–Crippen MR) is 55.3 cm³/mol. The topological polar surface area (TPSA) is 71.4 Å². The molecule has 1 aromatic rings. The molecule has 0 aromatic heterocycles. The Morgan fingerprint density at radius 3 is 1.87 bits per heavy atom. The molecule has 0 spiro atoms. The molecule has 70 valence electrons. The van der Waals surface area contributed by atoms with Crippen LogP contribution in [0.4, 0.5) is 0 Å². The molecular weight excluding hydrogens is 186 g/mol. The molecule has 0 aliphatic heterocycles. The van der Waals surface area contributed by atoms with Gasteiger partial charge in [-0.15, -0.1) is 0 Å². The van der Waals surface area contributed by atoms with Crippen molar-refractivity contribution in [3.63, 3.8) is 0 Å². The van der Waals surface area contributed by atoms with E-state index in [9.17, 15) is 0 Å². The Balaban J connectivity index is 3.59. The van der Waals surface area contributed by atoms with E-state index in [4.69, 9.17) is 15.8 Å². The van der Waals surface area contributed by atoms with Gasteiger partial charge in [-0.2, -0.15) is 15.8 Å². The Kier molecular flexibility index (Phi) is 3.23. The van der Waals surface area contributed by atoms with E-state index in [-0.39, 0.29) is 0 Å². The van der Waals surface area contributed by atoms with Crippen LogP contribution >= 0.6 is 0 Å². The molecule has 0 N–H and O–H groups in total. The third kappa shape index (κ3) is 2.02. The van der Waals surface area contributed by atoms with Crippen LogP contribution in [0.3, 0.4) is 0 Å². The summed E-state index contributed by atoms with van der Waals surface area (Å²) in [5.74, 6) is 0. The van der Waals surface area contributed by atoms with Gasteiger partial charge in [-0.05, 0) is 19.1 Å². The standard InChI is InChI=1S/C12H7N3/c1-2-3-12-10(7-14)4-9(6-13)5-11(12)8-15/h2-5H,1H3. The first kappa shape index (κ1) is 10.5. The summed E-state index contributed by atoms with van der Waals surface area (Å²) >= 11 is 0. The van der Waals surface area contributed by atoms with Crippen LogP contribution in [0, 0.1) is 34.0 Å². The lowest BCUT2D eigenvalue weighted by Gasteiger charge is -2.01. The van der Waals surface area contributed by atoms with Crippen molar-refractivity contribution >= 4 is 6.08 Å². The van der Waals surface area contributed by atoms with E-state index in [0.29, 0.717) is 22.3 Å². The summed E-state index contributed by atoms with van der Waals surface area (Å²) in [6.45, 7) is 1.81. The van der Waals surface area contributed by atoms with Gasteiger partial charge in [0.25, 0.3) is 0 Å². The lowest BCUT2D eigenvalue weighted by Crippen LogP contribution is -1.90. The zero-order valence-corrected chi connectivity index (χ0v) is 8.15. The summed E-state index contributed by atoms with van der Waals surface area (Å²) in [6.07, 6.45) is 3.45.